The van der Waals surface area contributed by atoms with Gasteiger partial charge in [0.2, 0.25) is 11.3 Å². The van der Waals surface area contributed by atoms with Crippen LogP contribution < -0.4 is 10.7 Å². The van der Waals surface area contributed by atoms with Crippen molar-refractivity contribution in [3.8, 4) is 0 Å². The minimum Gasteiger partial charge on any atom is -0.348 e. The standard InChI is InChI=1S/C17H16N4O2/c1-12(13-6-8-18-9-7-13)20-17(23)11-21-15-5-3-2-4-14(15)16(22)10-19-21/h2-10,12H,11H2,1H3,(H,20,23). The molecule has 3 aromatic rings. The number of carbonyl (C=O) groups excluding carboxylic acids is 1. The molecule has 0 aliphatic heterocycles. The summed E-state index contributed by atoms with van der Waals surface area (Å²) >= 11 is 0. The Kier molecular flexibility index (Phi) is 4.14. The lowest BCUT2D eigenvalue weighted by Crippen LogP contribution is -2.31. The zero-order valence-corrected chi connectivity index (χ0v) is 12.6. The SMILES string of the molecule is CC(NC(=O)Cn1ncc(=O)c2ccccc21)c1ccncc1. The van der Waals surface area contributed by atoms with Gasteiger partial charge in [0.05, 0.1) is 17.8 Å². The molecule has 0 fully saturated rings. The number of amides is 1. The largest absolute Gasteiger partial charge is 0.348 e. The van der Waals surface area contributed by atoms with Crippen molar-refractivity contribution in [2.45, 2.75) is 19.5 Å². The van der Waals surface area contributed by atoms with Gasteiger partial charge in [-0.05, 0) is 36.8 Å². The van der Waals surface area contributed by atoms with Crippen LogP contribution >= 0.6 is 0 Å². The van der Waals surface area contributed by atoms with Gasteiger partial charge in [0.1, 0.15) is 6.54 Å². The lowest BCUT2D eigenvalue weighted by Gasteiger charge is -2.15. The molecule has 0 saturated heterocycles. The first-order chi connectivity index (χ1) is 11.1. The Morgan fingerprint density at radius 1 is 1.22 bits per heavy atom. The summed E-state index contributed by atoms with van der Waals surface area (Å²) in [4.78, 5) is 28.0. The minimum absolute atomic E-state index is 0.0518. The van der Waals surface area contributed by atoms with E-state index < -0.39 is 0 Å². The van der Waals surface area contributed by atoms with Crippen LogP contribution in [0.3, 0.4) is 0 Å². The summed E-state index contributed by atoms with van der Waals surface area (Å²) < 4.78 is 1.53. The minimum atomic E-state index is -0.171. The number of fused-ring (bicyclic) bond motifs is 1. The molecule has 1 amide bonds. The number of aromatic nitrogens is 3. The number of para-hydroxylation sites is 1. The van der Waals surface area contributed by atoms with E-state index in [-0.39, 0.29) is 23.9 Å². The summed E-state index contributed by atoms with van der Waals surface area (Å²) in [6.07, 6.45) is 4.62. The number of carbonyl (C=O) groups is 1. The molecule has 0 aliphatic rings. The second kappa shape index (κ2) is 6.39. The molecule has 2 aromatic heterocycles. The maximum absolute atomic E-state index is 12.3. The van der Waals surface area contributed by atoms with Crippen LogP contribution in [-0.2, 0) is 11.3 Å². The molecule has 1 N–H and O–H groups in total. The molecule has 2 heterocycles. The smallest absolute Gasteiger partial charge is 0.242 e. The third-order valence-electron chi connectivity index (χ3n) is 3.64. The first-order valence-electron chi connectivity index (χ1n) is 7.29. The van der Waals surface area contributed by atoms with Crippen LogP contribution in [0.2, 0.25) is 0 Å². The second-order valence-corrected chi connectivity index (χ2v) is 5.25. The maximum atomic E-state index is 12.3. The molecule has 0 saturated carbocycles. The summed E-state index contributed by atoms with van der Waals surface area (Å²) in [7, 11) is 0. The number of hydrogen-bond donors (Lipinski definition) is 1. The molecule has 23 heavy (non-hydrogen) atoms. The van der Waals surface area contributed by atoms with E-state index in [1.807, 2.05) is 25.1 Å². The van der Waals surface area contributed by atoms with Gasteiger partial charge >= 0.3 is 0 Å². The number of pyridine rings is 1. The number of nitrogens with zero attached hydrogens (tertiary/aromatic N) is 3. The van der Waals surface area contributed by atoms with Gasteiger partial charge < -0.3 is 5.32 Å². The summed E-state index contributed by atoms with van der Waals surface area (Å²) in [5, 5.41) is 7.53. The van der Waals surface area contributed by atoms with Gasteiger partial charge in [0.15, 0.2) is 0 Å². The maximum Gasteiger partial charge on any atom is 0.242 e. The molecule has 6 nitrogen and oxygen atoms in total. The highest BCUT2D eigenvalue weighted by Gasteiger charge is 2.11. The van der Waals surface area contributed by atoms with Gasteiger partial charge in [0.25, 0.3) is 0 Å². The molecule has 0 aliphatic carbocycles. The van der Waals surface area contributed by atoms with Crippen molar-refractivity contribution in [3.63, 3.8) is 0 Å². The first kappa shape index (κ1) is 14.9. The highest BCUT2D eigenvalue weighted by Crippen LogP contribution is 2.11. The fourth-order valence-corrected chi connectivity index (χ4v) is 2.45. The van der Waals surface area contributed by atoms with Crippen molar-refractivity contribution < 1.29 is 4.79 Å². The Hall–Kier alpha value is -3.02. The van der Waals surface area contributed by atoms with Gasteiger partial charge in [0, 0.05) is 17.8 Å². The Labute approximate surface area is 132 Å². The average molecular weight is 308 g/mol. The quantitative estimate of drug-likeness (QED) is 0.795. The predicted molar refractivity (Wildman–Crippen MR) is 86.8 cm³/mol. The van der Waals surface area contributed by atoms with E-state index in [4.69, 9.17) is 0 Å². The Balaban J connectivity index is 1.79. The molecule has 116 valence electrons. The van der Waals surface area contributed by atoms with Crippen molar-refractivity contribution in [2.24, 2.45) is 0 Å². The Morgan fingerprint density at radius 3 is 2.74 bits per heavy atom. The zero-order valence-electron chi connectivity index (χ0n) is 12.6. The Bertz CT molecular complexity index is 890. The van der Waals surface area contributed by atoms with Gasteiger partial charge in [-0.1, -0.05) is 12.1 Å². The summed E-state index contributed by atoms with van der Waals surface area (Å²) in [6, 6.07) is 10.7. The molecule has 0 spiro atoms. The Morgan fingerprint density at radius 2 is 1.96 bits per heavy atom. The molecule has 0 radical (unpaired) electrons. The van der Waals surface area contributed by atoms with Crippen LogP contribution in [0.25, 0.3) is 10.9 Å². The van der Waals surface area contributed by atoms with E-state index in [1.54, 1.807) is 30.6 Å². The summed E-state index contributed by atoms with van der Waals surface area (Å²) in [5.74, 6) is -0.171. The molecule has 1 aromatic carbocycles. The topological polar surface area (TPSA) is 76.9 Å². The highest BCUT2D eigenvalue weighted by atomic mass is 16.2. The van der Waals surface area contributed by atoms with Crippen LogP contribution in [0.15, 0.2) is 59.8 Å². The van der Waals surface area contributed by atoms with Crippen LogP contribution in [0, 0.1) is 0 Å². The van der Waals surface area contributed by atoms with Crippen LogP contribution in [0.4, 0.5) is 0 Å². The fourth-order valence-electron chi connectivity index (χ4n) is 2.45. The molecule has 3 rings (SSSR count). The van der Waals surface area contributed by atoms with Crippen LogP contribution in [0.1, 0.15) is 18.5 Å². The molecule has 0 bridgehead atoms. The average Bonchev–Trinajstić information content (AvgIpc) is 2.58. The predicted octanol–water partition coefficient (Wildman–Crippen LogP) is 1.67. The number of nitrogens with one attached hydrogen (secondary N) is 1. The number of rotatable bonds is 4. The summed E-state index contributed by atoms with van der Waals surface area (Å²) in [5.41, 5.74) is 1.47. The van der Waals surface area contributed by atoms with Gasteiger partial charge in [-0.15, -0.1) is 0 Å². The van der Waals surface area contributed by atoms with Gasteiger partial charge in [-0.2, -0.15) is 5.10 Å². The van der Waals surface area contributed by atoms with E-state index in [1.165, 1.54) is 10.9 Å². The van der Waals surface area contributed by atoms with E-state index in [0.29, 0.717) is 10.9 Å². The highest BCUT2D eigenvalue weighted by molar-refractivity contribution is 5.81. The zero-order chi connectivity index (χ0) is 16.2. The normalized spacial score (nSPS) is 12.0. The van der Waals surface area contributed by atoms with E-state index in [2.05, 4.69) is 15.4 Å². The monoisotopic (exact) mass is 308 g/mol. The van der Waals surface area contributed by atoms with Gasteiger partial charge in [-0.3, -0.25) is 19.3 Å². The third-order valence-corrected chi connectivity index (χ3v) is 3.64. The lowest BCUT2D eigenvalue weighted by molar-refractivity contribution is -0.122. The molecule has 1 atom stereocenters. The van der Waals surface area contributed by atoms with Crippen LogP contribution in [-0.4, -0.2) is 20.7 Å². The van der Waals surface area contributed by atoms with E-state index in [0.717, 1.165) is 5.56 Å². The van der Waals surface area contributed by atoms with Crippen molar-refractivity contribution in [2.75, 3.05) is 0 Å². The van der Waals surface area contributed by atoms with Crippen molar-refractivity contribution in [3.05, 3.63) is 70.8 Å². The van der Waals surface area contributed by atoms with E-state index >= 15 is 0 Å². The first-order valence-corrected chi connectivity index (χ1v) is 7.29. The molecule has 1 unspecified atom stereocenters. The second-order valence-electron chi connectivity index (χ2n) is 5.25. The number of hydrogen-bond acceptors (Lipinski definition) is 4. The fraction of sp³-hybridized carbons (Fsp3) is 0.176. The van der Waals surface area contributed by atoms with Crippen LogP contribution in [0.5, 0.6) is 0 Å². The molecule has 6 heteroatoms. The van der Waals surface area contributed by atoms with Crippen molar-refractivity contribution in [1.82, 2.24) is 20.1 Å². The lowest BCUT2D eigenvalue weighted by atomic mass is 10.1. The van der Waals surface area contributed by atoms with Gasteiger partial charge in [-0.25, -0.2) is 0 Å². The third kappa shape index (κ3) is 3.26. The molecular weight excluding hydrogens is 292 g/mol. The number of benzene rings is 1. The summed E-state index contributed by atoms with van der Waals surface area (Å²) in [6.45, 7) is 1.96. The van der Waals surface area contributed by atoms with Crippen molar-refractivity contribution >= 4 is 16.8 Å². The van der Waals surface area contributed by atoms with E-state index in [9.17, 15) is 9.59 Å². The molecular formula is C17H16N4O2. The van der Waals surface area contributed by atoms with Crippen molar-refractivity contribution in [1.29, 1.82) is 0 Å².